The lowest BCUT2D eigenvalue weighted by Gasteiger charge is -2.14. The Hall–Kier alpha value is -0.870. The first-order valence-electron chi connectivity index (χ1n) is 5.69. The third kappa shape index (κ3) is 8.44. The van der Waals surface area contributed by atoms with Gasteiger partial charge in [0.25, 0.3) is 0 Å². The lowest BCUT2D eigenvalue weighted by atomic mass is 10.0. The van der Waals surface area contributed by atoms with Crippen molar-refractivity contribution < 1.29 is 9.53 Å². The van der Waals surface area contributed by atoms with Crippen LogP contribution in [0.1, 0.15) is 27.2 Å². The number of hydrogen-bond donors (Lipinski definition) is 2. The molecule has 4 heteroatoms. The molecule has 0 aromatic heterocycles. The van der Waals surface area contributed by atoms with Gasteiger partial charge >= 0.3 is 0 Å². The molecule has 0 aliphatic rings. The zero-order valence-electron chi connectivity index (χ0n) is 10.6. The number of carbonyl (C=O) groups excluding carboxylic acids is 1. The van der Waals surface area contributed by atoms with Crippen molar-refractivity contribution in [2.24, 2.45) is 11.7 Å². The fraction of sp³-hybridized carbons (Fsp3) is 0.750. The Kier molecular flexibility index (Phi) is 7.85. The molecule has 1 atom stereocenters. The average Bonchev–Trinajstić information content (AvgIpc) is 2.15. The zero-order chi connectivity index (χ0) is 12.6. The lowest BCUT2D eigenvalue weighted by Crippen LogP contribution is -2.42. The molecule has 0 radical (unpaired) electrons. The molecule has 0 saturated carbocycles. The highest BCUT2D eigenvalue weighted by molar-refractivity contribution is 5.81. The van der Waals surface area contributed by atoms with E-state index in [-0.39, 0.29) is 5.91 Å². The van der Waals surface area contributed by atoms with Crippen LogP contribution in [0.2, 0.25) is 0 Å². The summed E-state index contributed by atoms with van der Waals surface area (Å²) in [7, 11) is 0. The van der Waals surface area contributed by atoms with E-state index in [2.05, 4.69) is 11.9 Å². The van der Waals surface area contributed by atoms with E-state index in [4.69, 9.17) is 10.5 Å². The molecule has 0 unspecified atom stereocenters. The molecule has 0 rings (SSSR count). The summed E-state index contributed by atoms with van der Waals surface area (Å²) in [6.45, 7) is 11.2. The van der Waals surface area contributed by atoms with Gasteiger partial charge in [0, 0.05) is 6.54 Å². The van der Waals surface area contributed by atoms with Crippen LogP contribution in [0.25, 0.3) is 0 Å². The summed E-state index contributed by atoms with van der Waals surface area (Å²) >= 11 is 0. The number of nitrogens with two attached hydrogens (primary N) is 1. The average molecular weight is 228 g/mol. The van der Waals surface area contributed by atoms with Gasteiger partial charge in [-0.05, 0) is 19.3 Å². The lowest BCUT2D eigenvalue weighted by molar-refractivity contribution is -0.122. The summed E-state index contributed by atoms with van der Waals surface area (Å²) in [5.74, 6) is 0.327. The van der Waals surface area contributed by atoms with E-state index in [0.717, 1.165) is 5.57 Å². The molecule has 3 N–H and O–H groups in total. The fourth-order valence-electron chi connectivity index (χ4n) is 1.24. The van der Waals surface area contributed by atoms with Gasteiger partial charge in [-0.25, -0.2) is 0 Å². The van der Waals surface area contributed by atoms with Crippen LogP contribution in [-0.2, 0) is 9.53 Å². The first-order valence-corrected chi connectivity index (χ1v) is 5.69. The summed E-state index contributed by atoms with van der Waals surface area (Å²) in [5, 5.41) is 2.74. The van der Waals surface area contributed by atoms with Gasteiger partial charge in [-0.1, -0.05) is 26.0 Å². The Labute approximate surface area is 98.2 Å². The Balaban J connectivity index is 3.53. The third-order valence-electron chi connectivity index (χ3n) is 1.96. The maximum absolute atomic E-state index is 11.5. The second-order valence-electron chi connectivity index (χ2n) is 4.54. The van der Waals surface area contributed by atoms with Gasteiger partial charge in [-0.15, -0.1) is 0 Å². The number of rotatable bonds is 8. The van der Waals surface area contributed by atoms with Crippen LogP contribution in [0, 0.1) is 5.92 Å². The van der Waals surface area contributed by atoms with Crippen molar-refractivity contribution in [3.05, 3.63) is 12.2 Å². The second-order valence-corrected chi connectivity index (χ2v) is 4.54. The molecule has 0 aliphatic heterocycles. The monoisotopic (exact) mass is 228 g/mol. The molecular weight excluding hydrogens is 204 g/mol. The quantitative estimate of drug-likeness (QED) is 0.482. The Morgan fingerprint density at radius 2 is 2.12 bits per heavy atom. The largest absolute Gasteiger partial charge is 0.375 e. The van der Waals surface area contributed by atoms with Crippen molar-refractivity contribution in [1.29, 1.82) is 0 Å². The van der Waals surface area contributed by atoms with Crippen molar-refractivity contribution >= 4 is 5.91 Å². The molecule has 0 spiro atoms. The van der Waals surface area contributed by atoms with Gasteiger partial charge in [0.05, 0.1) is 19.3 Å². The van der Waals surface area contributed by atoms with Gasteiger partial charge in [0.15, 0.2) is 0 Å². The number of nitrogens with one attached hydrogen (secondary N) is 1. The van der Waals surface area contributed by atoms with Crippen LogP contribution in [0.5, 0.6) is 0 Å². The van der Waals surface area contributed by atoms with Crippen molar-refractivity contribution in [3.8, 4) is 0 Å². The highest BCUT2D eigenvalue weighted by atomic mass is 16.5. The van der Waals surface area contributed by atoms with E-state index in [1.807, 2.05) is 20.8 Å². The molecule has 0 aliphatic carbocycles. The molecule has 0 aromatic rings. The van der Waals surface area contributed by atoms with Gasteiger partial charge < -0.3 is 15.8 Å². The highest BCUT2D eigenvalue weighted by Gasteiger charge is 2.13. The third-order valence-corrected chi connectivity index (χ3v) is 1.96. The van der Waals surface area contributed by atoms with Crippen molar-refractivity contribution in [3.63, 3.8) is 0 Å². The molecule has 0 saturated heterocycles. The molecule has 0 aromatic carbocycles. The summed E-state index contributed by atoms with van der Waals surface area (Å²) in [6.07, 6.45) is 0.707. The predicted octanol–water partition coefficient (Wildman–Crippen LogP) is 1.07. The number of hydrogen-bond acceptors (Lipinski definition) is 3. The Bertz CT molecular complexity index is 227. The minimum atomic E-state index is -0.416. The molecule has 16 heavy (non-hydrogen) atoms. The zero-order valence-corrected chi connectivity index (χ0v) is 10.6. The Morgan fingerprint density at radius 3 is 2.62 bits per heavy atom. The summed E-state index contributed by atoms with van der Waals surface area (Å²) in [4.78, 5) is 11.5. The van der Waals surface area contributed by atoms with Crippen molar-refractivity contribution in [1.82, 2.24) is 5.32 Å². The molecule has 94 valence electrons. The SMILES string of the molecule is C=C(C)COCCNC(=O)[C@@H](N)CC(C)C. The van der Waals surface area contributed by atoms with Crippen molar-refractivity contribution in [2.75, 3.05) is 19.8 Å². The second kappa shape index (κ2) is 8.30. The van der Waals surface area contributed by atoms with E-state index < -0.39 is 6.04 Å². The number of carbonyl (C=O) groups is 1. The predicted molar refractivity (Wildman–Crippen MR) is 66.1 cm³/mol. The molecule has 0 fully saturated rings. The van der Waals surface area contributed by atoms with Gasteiger partial charge in [-0.2, -0.15) is 0 Å². The van der Waals surface area contributed by atoms with Crippen LogP contribution in [0.3, 0.4) is 0 Å². The minimum Gasteiger partial charge on any atom is -0.375 e. The van der Waals surface area contributed by atoms with E-state index in [1.54, 1.807) is 0 Å². The molecule has 0 heterocycles. The summed E-state index contributed by atoms with van der Waals surface area (Å²) in [6, 6.07) is -0.416. The van der Waals surface area contributed by atoms with Gasteiger partial charge in [0.1, 0.15) is 0 Å². The fourth-order valence-corrected chi connectivity index (χ4v) is 1.24. The normalized spacial score (nSPS) is 12.6. The first kappa shape index (κ1) is 15.1. The summed E-state index contributed by atoms with van der Waals surface area (Å²) in [5.41, 5.74) is 6.69. The molecule has 4 nitrogen and oxygen atoms in total. The molecule has 0 bridgehead atoms. The topological polar surface area (TPSA) is 64.3 Å². The van der Waals surface area contributed by atoms with Crippen LogP contribution in [0.15, 0.2) is 12.2 Å². The van der Waals surface area contributed by atoms with E-state index in [1.165, 1.54) is 0 Å². The maximum Gasteiger partial charge on any atom is 0.237 e. The van der Waals surface area contributed by atoms with Crippen molar-refractivity contribution in [2.45, 2.75) is 33.2 Å². The van der Waals surface area contributed by atoms with Crippen LogP contribution < -0.4 is 11.1 Å². The van der Waals surface area contributed by atoms with Gasteiger partial charge in [0.2, 0.25) is 5.91 Å². The summed E-state index contributed by atoms with van der Waals surface area (Å²) < 4.78 is 5.25. The highest BCUT2D eigenvalue weighted by Crippen LogP contribution is 2.02. The smallest absolute Gasteiger partial charge is 0.237 e. The van der Waals surface area contributed by atoms with E-state index >= 15 is 0 Å². The minimum absolute atomic E-state index is 0.104. The Morgan fingerprint density at radius 1 is 1.50 bits per heavy atom. The van der Waals surface area contributed by atoms with E-state index in [9.17, 15) is 4.79 Å². The standard InChI is InChI=1S/C12H24N2O2/c1-9(2)7-11(13)12(15)14-5-6-16-8-10(3)4/h9,11H,3,5-8,13H2,1-2,4H3,(H,14,15)/t11-/m0/s1. The van der Waals surface area contributed by atoms with Gasteiger partial charge in [-0.3, -0.25) is 4.79 Å². The molecular formula is C12H24N2O2. The van der Waals surface area contributed by atoms with Crippen LogP contribution in [-0.4, -0.2) is 31.7 Å². The van der Waals surface area contributed by atoms with Crippen LogP contribution >= 0.6 is 0 Å². The van der Waals surface area contributed by atoms with Crippen LogP contribution in [0.4, 0.5) is 0 Å². The first-order chi connectivity index (χ1) is 7.43. The number of amides is 1. The molecule has 1 amide bonds. The van der Waals surface area contributed by atoms with E-state index in [0.29, 0.717) is 32.1 Å². The maximum atomic E-state index is 11.5. The number of ether oxygens (including phenoxy) is 1.